The Labute approximate surface area is 197 Å². The summed E-state index contributed by atoms with van der Waals surface area (Å²) in [5.41, 5.74) is 4.18. The van der Waals surface area contributed by atoms with E-state index in [0.29, 0.717) is 5.56 Å². The Morgan fingerprint density at radius 2 is 1.82 bits per heavy atom. The third-order valence-electron chi connectivity index (χ3n) is 6.96. The van der Waals surface area contributed by atoms with E-state index >= 15 is 0 Å². The highest BCUT2D eigenvalue weighted by molar-refractivity contribution is 5.94. The normalized spacial score (nSPS) is 21.2. The first-order chi connectivity index (χ1) is 16.0. The van der Waals surface area contributed by atoms with Gasteiger partial charge in [-0.05, 0) is 80.1 Å². The van der Waals surface area contributed by atoms with Crippen molar-refractivity contribution in [1.82, 2.24) is 10.2 Å². The molecule has 1 N–H and O–H groups in total. The molecule has 6 heteroatoms. The highest BCUT2D eigenvalue weighted by Gasteiger charge is 2.29. The van der Waals surface area contributed by atoms with E-state index in [1.165, 1.54) is 11.1 Å². The van der Waals surface area contributed by atoms with Gasteiger partial charge in [0, 0.05) is 51.4 Å². The molecule has 4 rings (SSSR count). The molecule has 2 aliphatic rings. The second-order valence-electron chi connectivity index (χ2n) is 9.26. The number of nitrogens with zero attached hydrogens (tertiary/aromatic N) is 3. The van der Waals surface area contributed by atoms with Gasteiger partial charge >= 0.3 is 0 Å². The van der Waals surface area contributed by atoms with Gasteiger partial charge in [0.05, 0.1) is 17.7 Å². The molecule has 2 aromatic carbocycles. The van der Waals surface area contributed by atoms with Crippen molar-refractivity contribution in [3.63, 3.8) is 0 Å². The molecule has 0 bridgehead atoms. The maximum atomic E-state index is 13.2. The second kappa shape index (κ2) is 10.8. The predicted octanol–water partition coefficient (Wildman–Crippen LogP) is 3.87. The first-order valence-corrected chi connectivity index (χ1v) is 12.0. The molecule has 1 aliphatic heterocycles. The number of benzene rings is 2. The SMILES string of the molecule is Cc1cc(N(C)C(=O)[C@H]2CC[C@H](Oc3ccc(C#N)cc3)CC2)ccc1CN1CCNCC1. The van der Waals surface area contributed by atoms with Gasteiger partial charge in [-0.15, -0.1) is 0 Å². The van der Waals surface area contributed by atoms with Crippen LogP contribution < -0.4 is 15.0 Å². The van der Waals surface area contributed by atoms with Gasteiger partial charge in [-0.2, -0.15) is 5.26 Å². The number of hydrogen-bond donors (Lipinski definition) is 1. The van der Waals surface area contributed by atoms with Crippen LogP contribution in [0.5, 0.6) is 5.75 Å². The Morgan fingerprint density at radius 3 is 2.45 bits per heavy atom. The summed E-state index contributed by atoms with van der Waals surface area (Å²) in [6.07, 6.45) is 3.53. The monoisotopic (exact) mass is 446 g/mol. The van der Waals surface area contributed by atoms with E-state index in [4.69, 9.17) is 10.00 Å². The van der Waals surface area contributed by atoms with Gasteiger partial charge in [-0.25, -0.2) is 0 Å². The topological polar surface area (TPSA) is 68.6 Å². The molecule has 1 saturated heterocycles. The Bertz CT molecular complexity index is 984. The Balaban J connectivity index is 1.30. The van der Waals surface area contributed by atoms with Crippen molar-refractivity contribution in [3.05, 3.63) is 59.2 Å². The van der Waals surface area contributed by atoms with Crippen LogP contribution in [0.1, 0.15) is 42.4 Å². The van der Waals surface area contributed by atoms with Crippen LogP contribution in [-0.2, 0) is 11.3 Å². The number of rotatable bonds is 6. The molecule has 0 spiro atoms. The molecule has 174 valence electrons. The zero-order valence-corrected chi connectivity index (χ0v) is 19.7. The summed E-state index contributed by atoms with van der Waals surface area (Å²) in [5.74, 6) is 1.02. The van der Waals surface area contributed by atoms with Gasteiger partial charge in [0.1, 0.15) is 5.75 Å². The van der Waals surface area contributed by atoms with Gasteiger partial charge in [0.2, 0.25) is 5.91 Å². The van der Waals surface area contributed by atoms with Gasteiger partial charge in [-0.3, -0.25) is 9.69 Å². The molecule has 1 aliphatic carbocycles. The molecule has 0 atom stereocenters. The van der Waals surface area contributed by atoms with E-state index in [0.717, 1.165) is 69.8 Å². The van der Waals surface area contributed by atoms with Crippen LogP contribution in [0, 0.1) is 24.2 Å². The van der Waals surface area contributed by atoms with E-state index < -0.39 is 0 Å². The third kappa shape index (κ3) is 5.93. The Hall–Kier alpha value is -2.88. The summed E-state index contributed by atoms with van der Waals surface area (Å²) in [6, 6.07) is 15.8. The van der Waals surface area contributed by atoms with Crippen molar-refractivity contribution in [2.75, 3.05) is 38.1 Å². The second-order valence-corrected chi connectivity index (χ2v) is 9.26. The quantitative estimate of drug-likeness (QED) is 0.730. The number of nitriles is 1. The van der Waals surface area contributed by atoms with Crippen LogP contribution >= 0.6 is 0 Å². The van der Waals surface area contributed by atoms with E-state index in [9.17, 15) is 4.79 Å². The molecule has 0 unspecified atom stereocenters. The van der Waals surface area contributed by atoms with Crippen molar-refractivity contribution in [3.8, 4) is 11.8 Å². The molecule has 0 radical (unpaired) electrons. The largest absolute Gasteiger partial charge is 0.490 e. The average Bonchev–Trinajstić information content (AvgIpc) is 2.86. The van der Waals surface area contributed by atoms with Crippen molar-refractivity contribution in [2.45, 2.75) is 45.3 Å². The molecule has 2 aromatic rings. The molecule has 1 amide bonds. The van der Waals surface area contributed by atoms with E-state index in [-0.39, 0.29) is 17.9 Å². The predicted molar refractivity (Wildman–Crippen MR) is 130 cm³/mol. The number of aryl methyl sites for hydroxylation is 1. The third-order valence-corrected chi connectivity index (χ3v) is 6.96. The average molecular weight is 447 g/mol. The molecule has 0 aromatic heterocycles. The van der Waals surface area contributed by atoms with Crippen LogP contribution in [0.2, 0.25) is 0 Å². The first kappa shape index (κ1) is 23.3. The smallest absolute Gasteiger partial charge is 0.229 e. The van der Waals surface area contributed by atoms with E-state index in [1.807, 2.05) is 24.1 Å². The molecule has 6 nitrogen and oxygen atoms in total. The fourth-order valence-electron chi connectivity index (χ4n) is 4.81. The Kier molecular flexibility index (Phi) is 7.64. The summed E-state index contributed by atoms with van der Waals surface area (Å²) in [7, 11) is 1.90. The summed E-state index contributed by atoms with van der Waals surface area (Å²) in [4.78, 5) is 17.5. The van der Waals surface area contributed by atoms with Gasteiger partial charge in [0.15, 0.2) is 0 Å². The maximum absolute atomic E-state index is 13.2. The molecule has 1 heterocycles. The minimum atomic E-state index is 0.0386. The highest BCUT2D eigenvalue weighted by atomic mass is 16.5. The van der Waals surface area contributed by atoms with Crippen molar-refractivity contribution >= 4 is 11.6 Å². The number of anilines is 1. The minimum Gasteiger partial charge on any atom is -0.490 e. The highest BCUT2D eigenvalue weighted by Crippen LogP contribution is 2.30. The molecule has 33 heavy (non-hydrogen) atoms. The lowest BCUT2D eigenvalue weighted by atomic mass is 9.86. The number of piperazine rings is 1. The Morgan fingerprint density at radius 1 is 1.12 bits per heavy atom. The summed E-state index contributed by atoms with van der Waals surface area (Å²) < 4.78 is 6.08. The minimum absolute atomic E-state index is 0.0386. The van der Waals surface area contributed by atoms with E-state index in [2.05, 4.69) is 41.4 Å². The number of hydrogen-bond acceptors (Lipinski definition) is 5. The zero-order chi connectivity index (χ0) is 23.2. The van der Waals surface area contributed by atoms with Gasteiger partial charge < -0.3 is 15.0 Å². The van der Waals surface area contributed by atoms with Crippen LogP contribution in [0.25, 0.3) is 0 Å². The maximum Gasteiger partial charge on any atom is 0.229 e. The van der Waals surface area contributed by atoms with E-state index in [1.54, 1.807) is 12.1 Å². The van der Waals surface area contributed by atoms with Crippen LogP contribution in [0.15, 0.2) is 42.5 Å². The molecule has 1 saturated carbocycles. The lowest BCUT2D eigenvalue weighted by Gasteiger charge is -2.31. The first-order valence-electron chi connectivity index (χ1n) is 12.0. The molecule has 2 fully saturated rings. The lowest BCUT2D eigenvalue weighted by molar-refractivity contribution is -0.123. The standard InChI is InChI=1S/C27H34N4O2/c1-20-17-24(8-5-23(20)19-31-15-13-29-14-16-31)30(2)27(32)22-6-11-26(12-7-22)33-25-9-3-21(18-28)4-10-25/h3-5,8-10,17,22,26,29H,6-7,11-16,19H2,1-2H3/t22-,26-. The fraction of sp³-hybridized carbons (Fsp3) is 0.481. The number of ether oxygens (including phenoxy) is 1. The van der Waals surface area contributed by atoms with Crippen LogP contribution in [0.3, 0.4) is 0 Å². The van der Waals surface area contributed by atoms with Crippen LogP contribution in [-0.4, -0.2) is 50.1 Å². The van der Waals surface area contributed by atoms with Gasteiger partial charge in [0.25, 0.3) is 0 Å². The summed E-state index contributed by atoms with van der Waals surface area (Å²) in [6.45, 7) is 7.37. The number of nitrogens with one attached hydrogen (secondary N) is 1. The van der Waals surface area contributed by atoms with Crippen LogP contribution in [0.4, 0.5) is 5.69 Å². The number of amides is 1. The van der Waals surface area contributed by atoms with Crippen molar-refractivity contribution < 1.29 is 9.53 Å². The molecular weight excluding hydrogens is 412 g/mol. The number of carbonyl (C=O) groups is 1. The summed E-state index contributed by atoms with van der Waals surface area (Å²) >= 11 is 0. The number of carbonyl (C=O) groups excluding carboxylic acids is 1. The summed E-state index contributed by atoms with van der Waals surface area (Å²) in [5, 5.41) is 12.3. The molecular formula is C27H34N4O2. The van der Waals surface area contributed by atoms with Gasteiger partial charge in [-0.1, -0.05) is 6.07 Å². The fourth-order valence-corrected chi connectivity index (χ4v) is 4.81. The van der Waals surface area contributed by atoms with Crippen molar-refractivity contribution in [1.29, 1.82) is 5.26 Å². The zero-order valence-electron chi connectivity index (χ0n) is 19.7. The van der Waals surface area contributed by atoms with Crippen molar-refractivity contribution in [2.24, 2.45) is 5.92 Å². The lowest BCUT2D eigenvalue weighted by Crippen LogP contribution is -2.43.